The molecule has 1 aromatic carbocycles. The molecule has 1 amide bonds. The zero-order chi connectivity index (χ0) is 18.4. The van der Waals surface area contributed by atoms with Gasteiger partial charge in [0.15, 0.2) is 6.73 Å². The lowest BCUT2D eigenvalue weighted by Gasteiger charge is -2.06. The minimum absolute atomic E-state index is 0.211. The topological polar surface area (TPSA) is 74.0 Å². The zero-order valence-corrected chi connectivity index (χ0v) is 14.9. The molecule has 0 fully saturated rings. The van der Waals surface area contributed by atoms with E-state index in [1.54, 1.807) is 46.2 Å². The second-order valence-electron chi connectivity index (χ2n) is 5.45. The lowest BCUT2D eigenvalue weighted by molar-refractivity contribution is -0.111. The molecule has 0 spiro atoms. The largest absolute Gasteiger partial charge is 0.471 e. The van der Waals surface area contributed by atoms with Gasteiger partial charge in [0.05, 0.1) is 24.3 Å². The van der Waals surface area contributed by atoms with Gasteiger partial charge in [-0.15, -0.1) is 0 Å². The molecule has 0 aliphatic heterocycles. The van der Waals surface area contributed by atoms with E-state index in [2.05, 4.69) is 15.5 Å². The summed E-state index contributed by atoms with van der Waals surface area (Å²) >= 11 is 5.91. The van der Waals surface area contributed by atoms with Crippen molar-refractivity contribution >= 4 is 29.3 Å². The Labute approximate surface area is 155 Å². The van der Waals surface area contributed by atoms with Crippen molar-refractivity contribution < 1.29 is 9.53 Å². The summed E-state index contributed by atoms with van der Waals surface area (Å²) < 4.78 is 8.96. The van der Waals surface area contributed by atoms with E-state index in [1.165, 1.54) is 6.08 Å². The van der Waals surface area contributed by atoms with Crippen LogP contribution in [0, 0.1) is 0 Å². The predicted octanol–water partition coefficient (Wildman–Crippen LogP) is 3.44. The van der Waals surface area contributed by atoms with Crippen molar-refractivity contribution in [3.63, 3.8) is 0 Å². The van der Waals surface area contributed by atoms with Gasteiger partial charge in [-0.1, -0.05) is 17.7 Å². The maximum Gasteiger partial charge on any atom is 0.248 e. The van der Waals surface area contributed by atoms with Crippen LogP contribution in [0.5, 0.6) is 5.75 Å². The molecule has 2 aromatic heterocycles. The van der Waals surface area contributed by atoms with Crippen LogP contribution in [0.4, 0.5) is 5.69 Å². The van der Waals surface area contributed by atoms with Crippen LogP contribution in [0.1, 0.15) is 12.5 Å². The normalized spacial score (nSPS) is 11.0. The van der Waals surface area contributed by atoms with Crippen LogP contribution in [0.2, 0.25) is 5.02 Å². The quantitative estimate of drug-likeness (QED) is 0.645. The number of aromatic nitrogens is 4. The van der Waals surface area contributed by atoms with E-state index in [0.717, 1.165) is 12.1 Å². The molecule has 0 unspecified atom stereocenters. The summed E-state index contributed by atoms with van der Waals surface area (Å²) in [4.78, 5) is 12.0. The Bertz CT molecular complexity index is 916. The molecule has 0 radical (unpaired) electrons. The zero-order valence-electron chi connectivity index (χ0n) is 14.2. The van der Waals surface area contributed by atoms with Crippen LogP contribution in [-0.4, -0.2) is 25.5 Å². The van der Waals surface area contributed by atoms with Gasteiger partial charge in [0, 0.05) is 29.4 Å². The summed E-state index contributed by atoms with van der Waals surface area (Å²) in [5.41, 5.74) is 1.45. The number of halogens is 1. The average Bonchev–Trinajstić information content (AvgIpc) is 3.27. The van der Waals surface area contributed by atoms with E-state index < -0.39 is 0 Å². The lowest BCUT2D eigenvalue weighted by atomic mass is 10.3. The van der Waals surface area contributed by atoms with Gasteiger partial charge < -0.3 is 10.1 Å². The third kappa shape index (κ3) is 4.97. The Morgan fingerprint density at radius 1 is 1.27 bits per heavy atom. The van der Waals surface area contributed by atoms with Crippen molar-refractivity contribution in [2.75, 3.05) is 5.32 Å². The highest BCUT2D eigenvalue weighted by atomic mass is 35.5. The first-order chi connectivity index (χ1) is 12.6. The molecule has 0 saturated carbocycles. The number of nitrogens with zero attached hydrogens (tertiary/aromatic N) is 4. The van der Waals surface area contributed by atoms with E-state index in [4.69, 9.17) is 16.3 Å². The lowest BCUT2D eigenvalue weighted by Crippen LogP contribution is -2.08. The molecule has 134 valence electrons. The van der Waals surface area contributed by atoms with Crippen molar-refractivity contribution in [1.29, 1.82) is 0 Å². The second kappa shape index (κ2) is 8.35. The number of carbonyl (C=O) groups excluding carboxylic acids is 1. The van der Waals surface area contributed by atoms with Crippen LogP contribution in [0.15, 0.2) is 55.1 Å². The summed E-state index contributed by atoms with van der Waals surface area (Å²) in [6.07, 6.45) is 9.99. The van der Waals surface area contributed by atoms with E-state index in [9.17, 15) is 4.79 Å². The summed E-state index contributed by atoms with van der Waals surface area (Å²) in [5.74, 6) is 0.402. The van der Waals surface area contributed by atoms with Crippen molar-refractivity contribution in [2.24, 2.45) is 0 Å². The van der Waals surface area contributed by atoms with Crippen LogP contribution >= 0.6 is 11.6 Å². The number of carbonyl (C=O) groups is 1. The van der Waals surface area contributed by atoms with Gasteiger partial charge in [-0.2, -0.15) is 10.2 Å². The molecule has 8 heteroatoms. The van der Waals surface area contributed by atoms with E-state index in [0.29, 0.717) is 16.5 Å². The van der Waals surface area contributed by atoms with E-state index >= 15 is 0 Å². The molecule has 1 N–H and O–H groups in total. The monoisotopic (exact) mass is 371 g/mol. The van der Waals surface area contributed by atoms with Gasteiger partial charge in [-0.25, -0.2) is 4.68 Å². The molecule has 0 aliphatic carbocycles. The van der Waals surface area contributed by atoms with Gasteiger partial charge in [-0.3, -0.25) is 9.48 Å². The third-order valence-electron chi connectivity index (χ3n) is 3.46. The first kappa shape index (κ1) is 17.8. The fraction of sp³-hybridized carbons (Fsp3) is 0.167. The highest BCUT2D eigenvalue weighted by molar-refractivity contribution is 6.30. The Hall–Kier alpha value is -3.06. The molecule has 26 heavy (non-hydrogen) atoms. The van der Waals surface area contributed by atoms with Crippen LogP contribution in [-0.2, 0) is 18.1 Å². The Kier molecular flexibility index (Phi) is 5.70. The predicted molar refractivity (Wildman–Crippen MR) is 99.9 cm³/mol. The highest BCUT2D eigenvalue weighted by Gasteiger charge is 2.03. The van der Waals surface area contributed by atoms with Gasteiger partial charge in [0.25, 0.3) is 0 Å². The molecule has 0 aliphatic rings. The minimum atomic E-state index is -0.246. The minimum Gasteiger partial charge on any atom is -0.471 e. The SMILES string of the molecule is CCn1cc(/C=C/C(=O)Nc2cnn(COc3cccc(Cl)c3)c2)cn1. The summed E-state index contributed by atoms with van der Waals surface area (Å²) in [5, 5.41) is 11.6. The third-order valence-corrected chi connectivity index (χ3v) is 3.70. The van der Waals surface area contributed by atoms with Crippen molar-refractivity contribution in [2.45, 2.75) is 20.2 Å². The van der Waals surface area contributed by atoms with Crippen molar-refractivity contribution in [3.05, 3.63) is 65.7 Å². The smallest absolute Gasteiger partial charge is 0.248 e. The van der Waals surface area contributed by atoms with Crippen LogP contribution in [0.25, 0.3) is 6.08 Å². The van der Waals surface area contributed by atoms with E-state index in [-0.39, 0.29) is 12.6 Å². The highest BCUT2D eigenvalue weighted by Crippen LogP contribution is 2.17. The van der Waals surface area contributed by atoms with Gasteiger partial charge >= 0.3 is 0 Å². The van der Waals surface area contributed by atoms with Gasteiger partial charge in [-0.05, 0) is 31.2 Å². The number of ether oxygens (including phenoxy) is 1. The molecule has 2 heterocycles. The summed E-state index contributed by atoms with van der Waals surface area (Å²) in [7, 11) is 0. The first-order valence-corrected chi connectivity index (χ1v) is 8.42. The maximum absolute atomic E-state index is 12.0. The summed E-state index contributed by atoms with van der Waals surface area (Å²) in [6, 6.07) is 7.11. The molecule has 7 nitrogen and oxygen atoms in total. The number of aryl methyl sites for hydroxylation is 1. The fourth-order valence-electron chi connectivity index (χ4n) is 2.19. The molecule has 3 rings (SSSR count). The Balaban J connectivity index is 1.51. The number of amides is 1. The number of hydrogen-bond donors (Lipinski definition) is 1. The fourth-order valence-corrected chi connectivity index (χ4v) is 2.37. The van der Waals surface area contributed by atoms with Crippen molar-refractivity contribution in [3.8, 4) is 5.75 Å². The van der Waals surface area contributed by atoms with Crippen LogP contribution < -0.4 is 10.1 Å². The van der Waals surface area contributed by atoms with Crippen molar-refractivity contribution in [1.82, 2.24) is 19.6 Å². The number of rotatable bonds is 7. The maximum atomic E-state index is 12.0. The Morgan fingerprint density at radius 2 is 2.12 bits per heavy atom. The molecule has 0 atom stereocenters. The Morgan fingerprint density at radius 3 is 2.88 bits per heavy atom. The molecular weight excluding hydrogens is 354 g/mol. The first-order valence-electron chi connectivity index (χ1n) is 8.05. The average molecular weight is 372 g/mol. The number of hydrogen-bond acceptors (Lipinski definition) is 4. The second-order valence-corrected chi connectivity index (χ2v) is 5.89. The standard InChI is InChI=1S/C18H18ClN5O2/c1-2-23-11-14(9-20-23)6-7-18(25)22-16-10-21-24(12-16)13-26-17-5-3-4-15(19)8-17/h3-12H,2,13H2,1H3,(H,22,25)/b7-6+. The van der Waals surface area contributed by atoms with Crippen LogP contribution in [0.3, 0.4) is 0 Å². The summed E-state index contributed by atoms with van der Waals surface area (Å²) in [6.45, 7) is 3.00. The van der Waals surface area contributed by atoms with E-state index in [1.807, 2.05) is 25.3 Å². The molecule has 3 aromatic rings. The molecule has 0 saturated heterocycles. The molecule has 0 bridgehead atoms. The van der Waals surface area contributed by atoms with Gasteiger partial charge in [0.2, 0.25) is 5.91 Å². The van der Waals surface area contributed by atoms with Gasteiger partial charge in [0.1, 0.15) is 5.75 Å². The number of nitrogens with one attached hydrogen (secondary N) is 1. The number of anilines is 1. The number of benzene rings is 1. The molecular formula is C18H18ClN5O2.